The molecule has 0 atom stereocenters. The minimum Gasteiger partial charge on any atom is -0.293 e. The van der Waals surface area contributed by atoms with Crippen molar-refractivity contribution in [1.29, 1.82) is 0 Å². The lowest BCUT2D eigenvalue weighted by Crippen LogP contribution is -2.31. The molecule has 2 rings (SSSR count). The molecule has 0 aliphatic carbocycles. The zero-order chi connectivity index (χ0) is 10.7. The number of nitrogens with zero attached hydrogens (tertiary/aromatic N) is 1. The molecular weight excluding hydrogens is 210 g/mol. The van der Waals surface area contributed by atoms with Gasteiger partial charge < -0.3 is 0 Å². The van der Waals surface area contributed by atoms with Gasteiger partial charge in [-0.25, -0.2) is 0 Å². The van der Waals surface area contributed by atoms with Crippen LogP contribution >= 0.6 is 11.6 Å². The number of hydrogen-bond donors (Lipinski definition) is 0. The number of benzene rings is 1. The maximum absolute atomic E-state index is 11.2. The van der Waals surface area contributed by atoms with Crippen molar-refractivity contribution in [2.24, 2.45) is 0 Å². The Morgan fingerprint density at radius 1 is 1.27 bits per heavy atom. The summed E-state index contributed by atoms with van der Waals surface area (Å²) in [6.07, 6.45) is 3.56. The highest BCUT2D eigenvalue weighted by Crippen LogP contribution is 2.12. The molecule has 1 aliphatic rings. The van der Waals surface area contributed by atoms with Gasteiger partial charge in [-0.1, -0.05) is 29.8 Å². The van der Waals surface area contributed by atoms with Crippen molar-refractivity contribution >= 4 is 17.4 Å². The molecule has 15 heavy (non-hydrogen) atoms. The van der Waals surface area contributed by atoms with E-state index in [9.17, 15) is 4.79 Å². The highest BCUT2D eigenvalue weighted by atomic mass is 35.5. The van der Waals surface area contributed by atoms with E-state index >= 15 is 0 Å². The Hall–Kier alpha value is -1.12. The van der Waals surface area contributed by atoms with Gasteiger partial charge in [0.25, 0.3) is 0 Å². The Balaban J connectivity index is 2.00. The van der Waals surface area contributed by atoms with Gasteiger partial charge in [-0.2, -0.15) is 0 Å². The summed E-state index contributed by atoms with van der Waals surface area (Å²) in [6.45, 7) is 2.15. The summed E-state index contributed by atoms with van der Waals surface area (Å²) in [5, 5.41) is 0.744. The lowest BCUT2D eigenvalue weighted by molar-refractivity contribution is -0.116. The lowest BCUT2D eigenvalue weighted by Gasteiger charge is -2.21. The summed E-state index contributed by atoms with van der Waals surface area (Å²) < 4.78 is 0. The Morgan fingerprint density at radius 3 is 2.67 bits per heavy atom. The first-order valence-corrected chi connectivity index (χ1v) is 5.28. The second-order valence-electron chi connectivity index (χ2n) is 3.66. The van der Waals surface area contributed by atoms with Crippen LogP contribution in [-0.4, -0.2) is 23.8 Å². The van der Waals surface area contributed by atoms with Gasteiger partial charge in [0.1, 0.15) is 0 Å². The van der Waals surface area contributed by atoms with Gasteiger partial charge in [0.2, 0.25) is 0 Å². The van der Waals surface area contributed by atoms with Crippen molar-refractivity contribution in [3.05, 3.63) is 47.0 Å². The smallest absolute Gasteiger partial charge is 0.169 e. The molecule has 3 heteroatoms. The van der Waals surface area contributed by atoms with Crippen LogP contribution in [0.15, 0.2) is 36.4 Å². The van der Waals surface area contributed by atoms with Crippen LogP contribution in [0.1, 0.15) is 5.56 Å². The number of halogens is 1. The fourth-order valence-electron chi connectivity index (χ4n) is 1.64. The standard InChI is InChI=1S/C12H12ClNO/c13-11-5-3-10(4-6-11)8-14-7-1-2-12(15)9-14/h1-6H,7-9H2. The Morgan fingerprint density at radius 2 is 2.00 bits per heavy atom. The van der Waals surface area contributed by atoms with Gasteiger partial charge in [-0.15, -0.1) is 0 Å². The molecule has 0 aromatic heterocycles. The van der Waals surface area contributed by atoms with E-state index in [1.807, 2.05) is 30.3 Å². The molecule has 1 aromatic carbocycles. The maximum Gasteiger partial charge on any atom is 0.169 e. The average molecular weight is 222 g/mol. The summed E-state index contributed by atoms with van der Waals surface area (Å²) >= 11 is 5.80. The second-order valence-corrected chi connectivity index (χ2v) is 4.10. The van der Waals surface area contributed by atoms with Gasteiger partial charge >= 0.3 is 0 Å². The zero-order valence-electron chi connectivity index (χ0n) is 8.32. The van der Waals surface area contributed by atoms with E-state index in [0.29, 0.717) is 6.54 Å². The van der Waals surface area contributed by atoms with E-state index in [1.54, 1.807) is 6.08 Å². The van der Waals surface area contributed by atoms with Crippen LogP contribution in [0.3, 0.4) is 0 Å². The third-order valence-electron chi connectivity index (χ3n) is 2.37. The van der Waals surface area contributed by atoms with Gasteiger partial charge in [0.15, 0.2) is 5.78 Å². The van der Waals surface area contributed by atoms with E-state index in [4.69, 9.17) is 11.6 Å². The fraction of sp³-hybridized carbons (Fsp3) is 0.250. The van der Waals surface area contributed by atoms with Gasteiger partial charge in [0, 0.05) is 18.1 Å². The third kappa shape index (κ3) is 2.91. The molecule has 0 unspecified atom stereocenters. The number of ketones is 1. The molecular formula is C12H12ClNO. The summed E-state index contributed by atoms with van der Waals surface area (Å²) in [5.41, 5.74) is 1.18. The Kier molecular flexibility index (Phi) is 3.19. The lowest BCUT2D eigenvalue weighted by atomic mass is 10.1. The van der Waals surface area contributed by atoms with Crippen molar-refractivity contribution in [2.75, 3.05) is 13.1 Å². The van der Waals surface area contributed by atoms with Gasteiger partial charge in [0.05, 0.1) is 6.54 Å². The van der Waals surface area contributed by atoms with E-state index < -0.39 is 0 Å². The summed E-state index contributed by atoms with van der Waals surface area (Å²) in [5.74, 6) is 0.176. The predicted octanol–water partition coefficient (Wildman–Crippen LogP) is 2.28. The molecule has 0 radical (unpaired) electrons. The molecule has 1 aromatic rings. The average Bonchev–Trinajstić information content (AvgIpc) is 2.22. The van der Waals surface area contributed by atoms with Crippen LogP contribution in [0.5, 0.6) is 0 Å². The van der Waals surface area contributed by atoms with E-state index in [1.165, 1.54) is 5.56 Å². The number of carbonyl (C=O) groups excluding carboxylic acids is 1. The highest BCUT2D eigenvalue weighted by molar-refractivity contribution is 6.30. The van der Waals surface area contributed by atoms with E-state index in [0.717, 1.165) is 18.1 Å². The first-order valence-electron chi connectivity index (χ1n) is 4.90. The molecule has 0 N–H and O–H groups in total. The highest BCUT2D eigenvalue weighted by Gasteiger charge is 2.11. The molecule has 78 valence electrons. The molecule has 0 amide bonds. The first-order chi connectivity index (χ1) is 7.24. The SMILES string of the molecule is O=C1C=CCN(Cc2ccc(Cl)cc2)C1. The molecule has 0 spiro atoms. The topological polar surface area (TPSA) is 20.3 Å². The molecule has 0 fully saturated rings. The fourth-order valence-corrected chi connectivity index (χ4v) is 1.77. The largest absolute Gasteiger partial charge is 0.293 e. The van der Waals surface area contributed by atoms with Crippen LogP contribution in [0, 0.1) is 0 Å². The summed E-state index contributed by atoms with van der Waals surface area (Å²) in [6, 6.07) is 7.73. The predicted molar refractivity (Wildman–Crippen MR) is 60.9 cm³/mol. The quantitative estimate of drug-likeness (QED) is 0.764. The molecule has 1 heterocycles. The number of rotatable bonds is 2. The van der Waals surface area contributed by atoms with Crippen molar-refractivity contribution in [2.45, 2.75) is 6.54 Å². The van der Waals surface area contributed by atoms with Gasteiger partial charge in [-0.3, -0.25) is 9.69 Å². The zero-order valence-corrected chi connectivity index (χ0v) is 9.07. The summed E-state index contributed by atoms with van der Waals surface area (Å²) in [4.78, 5) is 13.3. The van der Waals surface area contributed by atoms with Crippen LogP contribution in [0.2, 0.25) is 5.02 Å². The summed E-state index contributed by atoms with van der Waals surface area (Å²) in [7, 11) is 0. The van der Waals surface area contributed by atoms with Crippen molar-refractivity contribution < 1.29 is 4.79 Å². The normalized spacial score (nSPS) is 17.0. The second kappa shape index (κ2) is 4.60. The molecule has 0 saturated carbocycles. The maximum atomic E-state index is 11.2. The van der Waals surface area contributed by atoms with Gasteiger partial charge in [-0.05, 0) is 23.8 Å². The molecule has 0 saturated heterocycles. The Labute approximate surface area is 94.2 Å². The van der Waals surface area contributed by atoms with Crippen LogP contribution in [0.25, 0.3) is 0 Å². The minimum absolute atomic E-state index is 0.176. The third-order valence-corrected chi connectivity index (χ3v) is 2.62. The Bertz CT molecular complexity index is 383. The van der Waals surface area contributed by atoms with E-state index in [2.05, 4.69) is 4.90 Å². The monoisotopic (exact) mass is 221 g/mol. The van der Waals surface area contributed by atoms with Crippen LogP contribution < -0.4 is 0 Å². The van der Waals surface area contributed by atoms with Crippen LogP contribution in [-0.2, 0) is 11.3 Å². The van der Waals surface area contributed by atoms with Crippen molar-refractivity contribution in [1.82, 2.24) is 4.90 Å². The molecule has 0 bridgehead atoms. The van der Waals surface area contributed by atoms with E-state index in [-0.39, 0.29) is 5.78 Å². The molecule has 1 aliphatic heterocycles. The number of hydrogen-bond acceptors (Lipinski definition) is 2. The van der Waals surface area contributed by atoms with Crippen molar-refractivity contribution in [3.8, 4) is 0 Å². The van der Waals surface area contributed by atoms with Crippen LogP contribution in [0.4, 0.5) is 0 Å². The minimum atomic E-state index is 0.176. The molecule has 2 nitrogen and oxygen atoms in total. The number of carbonyl (C=O) groups is 1. The van der Waals surface area contributed by atoms with Crippen molar-refractivity contribution in [3.63, 3.8) is 0 Å². The first kappa shape index (κ1) is 10.4.